The molecule has 1 aromatic carbocycles. The number of aliphatic hydroxyl groups is 2. The summed E-state index contributed by atoms with van der Waals surface area (Å²) in [6.45, 7) is 10.9. The van der Waals surface area contributed by atoms with E-state index >= 15 is 0 Å². The number of likely N-dealkylation sites (N-methyl/N-ethyl adjacent to an activating group) is 2. The average molecular weight is 701 g/mol. The van der Waals surface area contributed by atoms with Gasteiger partial charge in [0.05, 0.1) is 18.3 Å². The third-order valence-electron chi connectivity index (χ3n) is 13.4. The summed E-state index contributed by atoms with van der Waals surface area (Å²) in [4.78, 5) is 9.88. The first kappa shape index (κ1) is 39.9. The number of halogens is 1. The Morgan fingerprint density at radius 2 is 1.16 bits per heavy atom. The highest BCUT2D eigenvalue weighted by Gasteiger charge is 2.42. The van der Waals surface area contributed by atoms with Crippen molar-refractivity contribution in [1.82, 2.24) is 19.6 Å². The van der Waals surface area contributed by atoms with Crippen LogP contribution < -0.4 is 4.74 Å². The Morgan fingerprint density at radius 3 is 1.76 bits per heavy atom. The van der Waals surface area contributed by atoms with Gasteiger partial charge in [0.25, 0.3) is 0 Å². The largest absolute Gasteiger partial charge is 0.496 e. The first-order valence-electron chi connectivity index (χ1n) is 20.8. The maximum Gasteiger partial charge on any atom is 0.125 e. The molecule has 3 aliphatic carbocycles. The Hall–Kier alpha value is -1.29. The van der Waals surface area contributed by atoms with E-state index in [1.54, 1.807) is 13.2 Å². The summed E-state index contributed by atoms with van der Waals surface area (Å²) in [6.07, 6.45) is 21.7. The number of piperazine rings is 2. The quantitative estimate of drug-likeness (QED) is 0.299. The van der Waals surface area contributed by atoms with E-state index in [1.165, 1.54) is 109 Å². The summed E-state index contributed by atoms with van der Waals surface area (Å²) < 4.78 is 19.5. The number of ether oxygens (including phenoxy) is 1. The molecule has 2 heterocycles. The molecule has 5 fully saturated rings. The maximum absolute atomic E-state index is 14.0. The van der Waals surface area contributed by atoms with E-state index < -0.39 is 5.60 Å². The molecule has 0 aromatic heterocycles. The average Bonchev–Trinajstić information content (AvgIpc) is 3.11. The van der Waals surface area contributed by atoms with Gasteiger partial charge in [-0.05, 0) is 70.3 Å². The first-order chi connectivity index (χ1) is 24.2. The Labute approximate surface area is 304 Å². The lowest BCUT2D eigenvalue weighted by Crippen LogP contribution is -2.51. The summed E-state index contributed by atoms with van der Waals surface area (Å²) in [5.74, 6) is 1.68. The van der Waals surface area contributed by atoms with Gasteiger partial charge in [-0.25, -0.2) is 4.39 Å². The molecule has 50 heavy (non-hydrogen) atoms. The van der Waals surface area contributed by atoms with Gasteiger partial charge in [-0.15, -0.1) is 0 Å². The van der Waals surface area contributed by atoms with Crippen LogP contribution in [0.3, 0.4) is 0 Å². The molecule has 8 heteroatoms. The van der Waals surface area contributed by atoms with Gasteiger partial charge in [0.2, 0.25) is 0 Å². The van der Waals surface area contributed by atoms with Gasteiger partial charge in [-0.1, -0.05) is 83.5 Å². The Kier molecular flexibility index (Phi) is 15.7. The van der Waals surface area contributed by atoms with Crippen molar-refractivity contribution < 1.29 is 19.3 Å². The van der Waals surface area contributed by atoms with Gasteiger partial charge in [0.1, 0.15) is 11.6 Å². The van der Waals surface area contributed by atoms with Crippen LogP contribution in [0.2, 0.25) is 0 Å². The van der Waals surface area contributed by atoms with E-state index in [1.807, 2.05) is 0 Å². The van der Waals surface area contributed by atoms with E-state index in [0.717, 1.165) is 83.7 Å². The van der Waals surface area contributed by atoms with Gasteiger partial charge in [0.15, 0.2) is 0 Å². The molecule has 0 spiro atoms. The van der Waals surface area contributed by atoms with E-state index in [0.29, 0.717) is 23.7 Å². The van der Waals surface area contributed by atoms with Gasteiger partial charge in [-0.2, -0.15) is 0 Å². The van der Waals surface area contributed by atoms with Crippen LogP contribution in [0.1, 0.15) is 121 Å². The predicted molar refractivity (Wildman–Crippen MR) is 203 cm³/mol. The Morgan fingerprint density at radius 1 is 0.660 bits per heavy atom. The molecular formula is C42H73FN4O3. The second-order valence-corrected chi connectivity index (χ2v) is 17.1. The molecule has 3 saturated carbocycles. The normalized spacial score (nSPS) is 32.2. The minimum Gasteiger partial charge on any atom is -0.496 e. The number of hydrogen-bond donors (Lipinski definition) is 2. The summed E-state index contributed by atoms with van der Waals surface area (Å²) >= 11 is 0. The smallest absolute Gasteiger partial charge is 0.125 e. The molecule has 4 unspecified atom stereocenters. The summed E-state index contributed by atoms with van der Waals surface area (Å²) in [6, 6.07) is 4.54. The molecular weight excluding hydrogens is 627 g/mol. The number of hydrogen-bond acceptors (Lipinski definition) is 7. The van der Waals surface area contributed by atoms with Crippen molar-refractivity contribution >= 4 is 0 Å². The molecule has 0 radical (unpaired) electrons. The molecule has 6 rings (SSSR count). The molecule has 0 amide bonds. The van der Waals surface area contributed by atoms with Crippen molar-refractivity contribution in [1.29, 1.82) is 0 Å². The van der Waals surface area contributed by atoms with Crippen molar-refractivity contribution in [3.63, 3.8) is 0 Å². The fraction of sp³-hybridized carbons (Fsp3) is 0.857. The van der Waals surface area contributed by atoms with Crippen LogP contribution in [-0.2, 0) is 5.60 Å². The van der Waals surface area contributed by atoms with E-state index in [9.17, 15) is 14.6 Å². The van der Waals surface area contributed by atoms with Gasteiger partial charge < -0.3 is 34.5 Å². The molecule has 0 bridgehead atoms. The maximum atomic E-state index is 14.0. The second-order valence-electron chi connectivity index (χ2n) is 17.1. The zero-order valence-corrected chi connectivity index (χ0v) is 32.2. The highest BCUT2D eigenvalue weighted by Crippen LogP contribution is 2.44. The zero-order chi connectivity index (χ0) is 35.4. The zero-order valence-electron chi connectivity index (χ0n) is 32.2. The molecule has 2 aliphatic heterocycles. The summed E-state index contributed by atoms with van der Waals surface area (Å²) in [5, 5.41) is 23.6. The predicted octanol–water partition coefficient (Wildman–Crippen LogP) is 7.15. The fourth-order valence-electron chi connectivity index (χ4n) is 9.95. The van der Waals surface area contributed by atoms with Crippen molar-refractivity contribution in [2.45, 2.75) is 127 Å². The molecule has 286 valence electrons. The molecule has 2 saturated heterocycles. The van der Waals surface area contributed by atoms with Crippen LogP contribution in [-0.4, -0.2) is 122 Å². The Bertz CT molecular complexity index is 1120. The van der Waals surface area contributed by atoms with E-state index in [2.05, 4.69) is 33.7 Å². The summed E-state index contributed by atoms with van der Waals surface area (Å²) in [7, 11) is 5.98. The Balaban J connectivity index is 0.000000195. The standard InChI is InChI=1S/C21H33FN2O2.C21H40N2O/c1-23-11-13-24(14-12-23)16-17-7-5-3-4-6-10-21(17,25)19-15-18(22)8-9-20(19)26-2;1-22-13-15-23(16-14-22)18-20-11-7-2-3-8-12-21(20,24)17-19-9-5-4-6-10-19/h8-9,15,17,25H,3-7,10-14,16H2,1-2H3;19-20,24H,2-18H2,1H3. The first-order valence-corrected chi connectivity index (χ1v) is 20.8. The minimum absolute atomic E-state index is 0.0990. The lowest BCUT2D eigenvalue weighted by molar-refractivity contribution is -0.0709. The molecule has 5 aliphatic rings. The van der Waals surface area contributed by atoms with Crippen molar-refractivity contribution in [2.24, 2.45) is 17.8 Å². The van der Waals surface area contributed by atoms with Crippen LogP contribution in [0.15, 0.2) is 18.2 Å². The van der Waals surface area contributed by atoms with Gasteiger partial charge >= 0.3 is 0 Å². The fourth-order valence-corrected chi connectivity index (χ4v) is 9.95. The summed E-state index contributed by atoms with van der Waals surface area (Å²) in [5.41, 5.74) is -0.788. The lowest BCUT2D eigenvalue weighted by Gasteiger charge is -2.44. The highest BCUT2D eigenvalue weighted by atomic mass is 19.1. The number of rotatable bonds is 8. The number of nitrogens with zero attached hydrogens (tertiary/aromatic N) is 4. The molecule has 4 atom stereocenters. The van der Waals surface area contributed by atoms with Gasteiger partial charge in [0, 0.05) is 82.8 Å². The SMILES string of the molecule is CN1CCN(CC2CCCCCCC2(O)CC2CCCCC2)CC1.COc1ccc(F)cc1C1(O)CCCCCCC1CN1CCN(C)CC1. The van der Waals surface area contributed by atoms with E-state index in [4.69, 9.17) is 4.74 Å². The lowest BCUT2D eigenvalue weighted by atomic mass is 9.70. The van der Waals surface area contributed by atoms with Crippen LogP contribution >= 0.6 is 0 Å². The number of benzene rings is 1. The third-order valence-corrected chi connectivity index (χ3v) is 13.4. The molecule has 1 aromatic rings. The number of methoxy groups -OCH3 is 1. The molecule has 2 N–H and O–H groups in total. The monoisotopic (exact) mass is 701 g/mol. The van der Waals surface area contributed by atoms with Gasteiger partial charge in [-0.3, -0.25) is 0 Å². The minimum atomic E-state index is -1.03. The van der Waals surface area contributed by atoms with Crippen LogP contribution in [0, 0.1) is 23.6 Å². The van der Waals surface area contributed by atoms with Crippen molar-refractivity contribution in [2.75, 3.05) is 86.7 Å². The second kappa shape index (κ2) is 19.7. The molecule has 7 nitrogen and oxygen atoms in total. The van der Waals surface area contributed by atoms with E-state index in [-0.39, 0.29) is 17.3 Å². The van der Waals surface area contributed by atoms with Crippen LogP contribution in [0.25, 0.3) is 0 Å². The topological polar surface area (TPSA) is 62.7 Å². The van der Waals surface area contributed by atoms with Crippen LogP contribution in [0.5, 0.6) is 5.75 Å². The highest BCUT2D eigenvalue weighted by molar-refractivity contribution is 5.39. The van der Waals surface area contributed by atoms with Crippen molar-refractivity contribution in [3.8, 4) is 5.75 Å². The van der Waals surface area contributed by atoms with Crippen molar-refractivity contribution in [3.05, 3.63) is 29.6 Å². The third kappa shape index (κ3) is 11.4. The van der Waals surface area contributed by atoms with Crippen LogP contribution in [0.4, 0.5) is 4.39 Å².